The third-order valence-electron chi connectivity index (χ3n) is 5.34. The van der Waals surface area contributed by atoms with Crippen LogP contribution in [0.5, 0.6) is 0 Å². The molecule has 0 bridgehead atoms. The van der Waals surface area contributed by atoms with E-state index < -0.39 is 13.9 Å². The first-order valence-corrected chi connectivity index (χ1v) is 11.9. The topological polar surface area (TPSA) is 35.5 Å². The van der Waals surface area contributed by atoms with Crippen LogP contribution in [-0.2, 0) is 19.6 Å². The van der Waals surface area contributed by atoms with Crippen LogP contribution in [-0.4, -0.2) is 21.4 Å². The summed E-state index contributed by atoms with van der Waals surface area (Å²) in [6.45, 7) is 11.0. The number of rotatable bonds is 6. The van der Waals surface area contributed by atoms with E-state index in [2.05, 4.69) is 33.9 Å². The van der Waals surface area contributed by atoms with Crippen molar-refractivity contribution in [3.05, 3.63) is 71.8 Å². The van der Waals surface area contributed by atoms with Crippen LogP contribution in [0.1, 0.15) is 38.3 Å². The van der Waals surface area contributed by atoms with E-state index in [4.69, 9.17) is 9.16 Å². The molecule has 0 radical (unpaired) electrons. The van der Waals surface area contributed by atoms with Crippen LogP contribution in [0.25, 0.3) is 0 Å². The molecule has 0 spiro atoms. The normalized spacial score (nSPS) is 12.7. The number of carbonyl (C=O) groups excluding carboxylic acids is 1. The number of esters is 1. The zero-order valence-corrected chi connectivity index (χ0v) is 17.7. The molecule has 0 saturated carbocycles. The average molecular weight is 371 g/mol. The Labute approximate surface area is 158 Å². The van der Waals surface area contributed by atoms with Gasteiger partial charge in [0.05, 0.1) is 13.5 Å². The molecule has 0 aliphatic carbocycles. The molecule has 140 valence electrons. The fourth-order valence-electron chi connectivity index (χ4n) is 2.80. The molecule has 0 fully saturated rings. The Morgan fingerprint density at radius 2 is 1.31 bits per heavy atom. The minimum absolute atomic E-state index is 0.0118. The SMILES string of the molecule is COC(=O)CC(O[Si](C)(C)C(C)(C)C)(c1ccccc1)c1ccccc1. The van der Waals surface area contributed by atoms with E-state index in [1.54, 1.807) is 0 Å². The summed E-state index contributed by atoms with van der Waals surface area (Å²) in [6, 6.07) is 20.0. The van der Waals surface area contributed by atoms with Gasteiger partial charge in [0.1, 0.15) is 5.60 Å². The molecule has 0 aliphatic heterocycles. The van der Waals surface area contributed by atoms with Gasteiger partial charge in [-0.2, -0.15) is 0 Å². The van der Waals surface area contributed by atoms with Gasteiger partial charge in [-0.05, 0) is 29.3 Å². The number of benzene rings is 2. The van der Waals surface area contributed by atoms with Crippen molar-refractivity contribution in [2.24, 2.45) is 0 Å². The fourth-order valence-corrected chi connectivity index (χ4v) is 4.29. The van der Waals surface area contributed by atoms with Crippen LogP contribution in [0.3, 0.4) is 0 Å². The quantitative estimate of drug-likeness (QED) is 0.496. The summed E-state index contributed by atoms with van der Waals surface area (Å²) in [4.78, 5) is 12.4. The molecule has 0 heterocycles. The highest BCUT2D eigenvalue weighted by Gasteiger charge is 2.47. The number of ether oxygens (including phenoxy) is 1. The first-order valence-electron chi connectivity index (χ1n) is 9.00. The predicted octanol–water partition coefficient (Wildman–Crippen LogP) is 5.52. The van der Waals surface area contributed by atoms with Gasteiger partial charge in [0.15, 0.2) is 8.32 Å². The van der Waals surface area contributed by atoms with E-state index in [0.29, 0.717) is 0 Å². The fraction of sp³-hybridized carbons (Fsp3) is 0.409. The molecule has 26 heavy (non-hydrogen) atoms. The molecule has 2 rings (SSSR count). The van der Waals surface area contributed by atoms with Crippen molar-refractivity contribution < 1.29 is 14.0 Å². The third kappa shape index (κ3) is 4.25. The molecule has 0 N–H and O–H groups in total. The Bertz CT molecular complexity index is 679. The molecule has 0 unspecified atom stereocenters. The molecule has 2 aromatic carbocycles. The third-order valence-corrected chi connectivity index (χ3v) is 9.81. The average Bonchev–Trinajstić information content (AvgIpc) is 2.61. The van der Waals surface area contributed by atoms with Crippen molar-refractivity contribution >= 4 is 14.3 Å². The monoisotopic (exact) mass is 370 g/mol. The maximum Gasteiger partial charge on any atom is 0.309 e. The maximum atomic E-state index is 12.4. The van der Waals surface area contributed by atoms with Crippen molar-refractivity contribution in [2.45, 2.75) is 50.9 Å². The Hall–Kier alpha value is -1.91. The zero-order valence-electron chi connectivity index (χ0n) is 16.7. The molecule has 0 aliphatic rings. The second-order valence-corrected chi connectivity index (χ2v) is 12.9. The van der Waals surface area contributed by atoms with Crippen molar-refractivity contribution in [1.82, 2.24) is 0 Å². The molecule has 0 amide bonds. The van der Waals surface area contributed by atoms with Gasteiger partial charge in [0, 0.05) is 0 Å². The van der Waals surface area contributed by atoms with E-state index in [9.17, 15) is 4.79 Å². The van der Waals surface area contributed by atoms with Gasteiger partial charge >= 0.3 is 5.97 Å². The number of methoxy groups -OCH3 is 1. The van der Waals surface area contributed by atoms with Crippen LogP contribution in [0.2, 0.25) is 18.1 Å². The van der Waals surface area contributed by atoms with Gasteiger partial charge in [0.25, 0.3) is 0 Å². The van der Waals surface area contributed by atoms with E-state index >= 15 is 0 Å². The highest BCUT2D eigenvalue weighted by atomic mass is 28.4. The summed E-state index contributed by atoms with van der Waals surface area (Å²) in [7, 11) is -0.767. The molecule has 0 atom stereocenters. The standard InChI is InChI=1S/C22H30O3Si/c1-21(2,3)26(5,6)25-22(17-20(23)24-4,18-13-9-7-10-14-18)19-15-11-8-12-16-19/h7-16H,17H2,1-6H3. The van der Waals surface area contributed by atoms with Crippen molar-refractivity contribution in [3.8, 4) is 0 Å². The van der Waals surface area contributed by atoms with Crippen molar-refractivity contribution in [2.75, 3.05) is 7.11 Å². The van der Waals surface area contributed by atoms with Crippen LogP contribution >= 0.6 is 0 Å². The molecule has 0 saturated heterocycles. The molecule has 3 nitrogen and oxygen atoms in total. The smallest absolute Gasteiger partial charge is 0.309 e. The molecule has 2 aromatic rings. The van der Waals surface area contributed by atoms with Gasteiger partial charge in [-0.1, -0.05) is 81.4 Å². The second kappa shape index (κ2) is 7.76. The number of hydrogen-bond acceptors (Lipinski definition) is 3. The predicted molar refractivity (Wildman–Crippen MR) is 109 cm³/mol. The van der Waals surface area contributed by atoms with E-state index in [1.807, 2.05) is 60.7 Å². The summed E-state index contributed by atoms with van der Waals surface area (Å²) < 4.78 is 12.0. The van der Waals surface area contributed by atoms with E-state index in [-0.39, 0.29) is 17.4 Å². The molecular weight excluding hydrogens is 340 g/mol. The van der Waals surface area contributed by atoms with Gasteiger partial charge in [-0.25, -0.2) is 0 Å². The summed E-state index contributed by atoms with van der Waals surface area (Å²) in [5.41, 5.74) is 1.08. The first kappa shape index (κ1) is 20.4. The van der Waals surface area contributed by atoms with Gasteiger partial charge in [-0.15, -0.1) is 0 Å². The lowest BCUT2D eigenvalue weighted by Crippen LogP contribution is -2.49. The van der Waals surface area contributed by atoms with Crippen LogP contribution < -0.4 is 0 Å². The number of hydrogen-bond donors (Lipinski definition) is 0. The molecule has 4 heteroatoms. The van der Waals surface area contributed by atoms with Gasteiger partial charge in [-0.3, -0.25) is 4.79 Å². The zero-order chi connectivity index (χ0) is 19.4. The van der Waals surface area contributed by atoms with Crippen molar-refractivity contribution in [1.29, 1.82) is 0 Å². The maximum absolute atomic E-state index is 12.4. The second-order valence-electron chi connectivity index (χ2n) is 8.17. The van der Waals surface area contributed by atoms with E-state index in [1.165, 1.54) is 7.11 Å². The highest BCUT2D eigenvalue weighted by Crippen LogP contribution is 2.46. The van der Waals surface area contributed by atoms with Crippen LogP contribution in [0, 0.1) is 0 Å². The summed E-state index contributed by atoms with van der Waals surface area (Å²) in [6.07, 6.45) is 0.143. The molecule has 0 aromatic heterocycles. The molecular formula is C22H30O3Si. The minimum Gasteiger partial charge on any atom is -0.469 e. The Kier molecular flexibility index (Phi) is 6.09. The number of carbonyl (C=O) groups is 1. The summed E-state index contributed by atoms with van der Waals surface area (Å²) >= 11 is 0. The summed E-state index contributed by atoms with van der Waals surface area (Å²) in [5, 5.41) is 0.0118. The van der Waals surface area contributed by atoms with Gasteiger partial charge in [0.2, 0.25) is 0 Å². The Balaban J connectivity index is 2.70. The Morgan fingerprint density at radius 1 is 0.885 bits per heavy atom. The van der Waals surface area contributed by atoms with E-state index in [0.717, 1.165) is 11.1 Å². The lowest BCUT2D eigenvalue weighted by atomic mass is 9.83. The highest BCUT2D eigenvalue weighted by molar-refractivity contribution is 6.74. The lowest BCUT2D eigenvalue weighted by Gasteiger charge is -2.46. The van der Waals surface area contributed by atoms with Crippen molar-refractivity contribution in [3.63, 3.8) is 0 Å². The summed E-state index contributed by atoms with van der Waals surface area (Å²) in [5.74, 6) is -0.281. The first-order chi connectivity index (χ1) is 12.1. The minimum atomic E-state index is -2.19. The largest absolute Gasteiger partial charge is 0.469 e. The lowest BCUT2D eigenvalue weighted by molar-refractivity contribution is -0.144. The van der Waals surface area contributed by atoms with Crippen LogP contribution in [0.15, 0.2) is 60.7 Å². The van der Waals surface area contributed by atoms with Gasteiger partial charge < -0.3 is 9.16 Å². The Morgan fingerprint density at radius 3 is 1.65 bits per heavy atom. The van der Waals surface area contributed by atoms with Crippen LogP contribution in [0.4, 0.5) is 0 Å².